The molecule has 0 aliphatic carbocycles. The molecule has 0 saturated carbocycles. The van der Waals surface area contributed by atoms with Gasteiger partial charge < -0.3 is 9.47 Å². The molecule has 2 nitrogen and oxygen atoms in total. The Morgan fingerprint density at radius 1 is 1.25 bits per heavy atom. The molecule has 0 spiro atoms. The van der Waals surface area contributed by atoms with Crippen molar-refractivity contribution < 1.29 is 9.47 Å². The van der Waals surface area contributed by atoms with E-state index in [1.165, 1.54) is 0 Å². The van der Waals surface area contributed by atoms with Gasteiger partial charge in [0.2, 0.25) is 0 Å². The first-order valence-electron chi connectivity index (χ1n) is 4.35. The normalized spacial score (nSPS) is 11.2. The lowest BCUT2D eigenvalue weighted by Gasteiger charge is -2.14. The molecule has 2 heteroatoms. The maximum absolute atomic E-state index is 5.32. The van der Waals surface area contributed by atoms with Crippen molar-refractivity contribution in [3.05, 3.63) is 24.8 Å². The SMILES string of the molecule is C=CC=CCC(OCC)OCC. The molecule has 0 radical (unpaired) electrons. The molecule has 12 heavy (non-hydrogen) atoms. The molecule has 0 aromatic heterocycles. The standard InChI is InChI=1S/C10H18O2/c1-4-7-8-9-10(11-5-2)12-6-3/h4,7-8,10H,1,5-6,9H2,2-3H3. The van der Waals surface area contributed by atoms with Crippen LogP contribution in [-0.4, -0.2) is 19.5 Å². The number of allylic oxidation sites excluding steroid dienone is 2. The van der Waals surface area contributed by atoms with Gasteiger partial charge in [0.25, 0.3) is 0 Å². The summed E-state index contributed by atoms with van der Waals surface area (Å²) < 4.78 is 10.6. The van der Waals surface area contributed by atoms with Crippen LogP contribution in [0.3, 0.4) is 0 Å². The summed E-state index contributed by atoms with van der Waals surface area (Å²) in [5.41, 5.74) is 0. The summed E-state index contributed by atoms with van der Waals surface area (Å²) in [6.07, 6.45) is 6.31. The average Bonchev–Trinajstić information content (AvgIpc) is 2.06. The van der Waals surface area contributed by atoms with E-state index in [0.717, 1.165) is 6.42 Å². The summed E-state index contributed by atoms with van der Waals surface area (Å²) in [6, 6.07) is 0. The fraction of sp³-hybridized carbons (Fsp3) is 0.600. The summed E-state index contributed by atoms with van der Waals surface area (Å²) >= 11 is 0. The highest BCUT2D eigenvalue weighted by atomic mass is 16.7. The Bertz CT molecular complexity index is 124. The van der Waals surface area contributed by atoms with Crippen molar-refractivity contribution in [2.75, 3.05) is 13.2 Å². The molecule has 0 aromatic carbocycles. The van der Waals surface area contributed by atoms with Crippen LogP contribution in [0.15, 0.2) is 24.8 Å². The van der Waals surface area contributed by atoms with Crippen LogP contribution in [0.5, 0.6) is 0 Å². The second-order valence-corrected chi connectivity index (χ2v) is 2.24. The molecule has 0 aliphatic rings. The van der Waals surface area contributed by atoms with Crippen molar-refractivity contribution in [1.82, 2.24) is 0 Å². The molecule has 0 saturated heterocycles. The van der Waals surface area contributed by atoms with Crippen LogP contribution in [0.4, 0.5) is 0 Å². The van der Waals surface area contributed by atoms with Gasteiger partial charge in [0, 0.05) is 19.6 Å². The first-order valence-corrected chi connectivity index (χ1v) is 4.35. The van der Waals surface area contributed by atoms with Crippen LogP contribution in [0.1, 0.15) is 20.3 Å². The van der Waals surface area contributed by atoms with Gasteiger partial charge in [0.15, 0.2) is 6.29 Å². The lowest BCUT2D eigenvalue weighted by atomic mass is 10.3. The van der Waals surface area contributed by atoms with Crippen molar-refractivity contribution >= 4 is 0 Å². The van der Waals surface area contributed by atoms with E-state index in [0.29, 0.717) is 13.2 Å². The van der Waals surface area contributed by atoms with Gasteiger partial charge in [-0.25, -0.2) is 0 Å². The first kappa shape index (κ1) is 11.4. The van der Waals surface area contributed by atoms with Crippen molar-refractivity contribution in [1.29, 1.82) is 0 Å². The number of rotatable bonds is 7. The van der Waals surface area contributed by atoms with Crippen LogP contribution < -0.4 is 0 Å². The number of hydrogen-bond donors (Lipinski definition) is 0. The Labute approximate surface area is 74.9 Å². The highest BCUT2D eigenvalue weighted by Gasteiger charge is 2.03. The second-order valence-electron chi connectivity index (χ2n) is 2.24. The molecule has 0 atom stereocenters. The van der Waals surface area contributed by atoms with E-state index in [9.17, 15) is 0 Å². The summed E-state index contributed by atoms with van der Waals surface area (Å²) in [4.78, 5) is 0. The third-order valence-electron chi connectivity index (χ3n) is 1.31. The third-order valence-corrected chi connectivity index (χ3v) is 1.31. The quantitative estimate of drug-likeness (QED) is 0.432. The molecular formula is C10H18O2. The Kier molecular flexibility index (Phi) is 8.07. The van der Waals surface area contributed by atoms with Gasteiger partial charge in [-0.05, 0) is 13.8 Å². The van der Waals surface area contributed by atoms with Crippen molar-refractivity contribution in [3.8, 4) is 0 Å². The monoisotopic (exact) mass is 170 g/mol. The summed E-state index contributed by atoms with van der Waals surface area (Å²) in [7, 11) is 0. The maximum Gasteiger partial charge on any atom is 0.160 e. The fourth-order valence-electron chi connectivity index (χ4n) is 0.842. The zero-order chi connectivity index (χ0) is 9.23. The summed E-state index contributed by atoms with van der Waals surface area (Å²) in [5.74, 6) is 0. The largest absolute Gasteiger partial charge is 0.353 e. The average molecular weight is 170 g/mol. The third kappa shape index (κ3) is 6.13. The number of ether oxygens (including phenoxy) is 2. The fourth-order valence-corrected chi connectivity index (χ4v) is 0.842. The van der Waals surface area contributed by atoms with E-state index in [4.69, 9.17) is 9.47 Å². The van der Waals surface area contributed by atoms with Crippen LogP contribution in [0.25, 0.3) is 0 Å². The van der Waals surface area contributed by atoms with E-state index >= 15 is 0 Å². The molecule has 0 N–H and O–H groups in total. The molecule has 70 valence electrons. The molecule has 0 fully saturated rings. The molecule has 0 unspecified atom stereocenters. The van der Waals surface area contributed by atoms with Crippen LogP contribution in [-0.2, 0) is 9.47 Å². The van der Waals surface area contributed by atoms with Crippen molar-refractivity contribution in [2.24, 2.45) is 0 Å². The smallest absolute Gasteiger partial charge is 0.160 e. The van der Waals surface area contributed by atoms with E-state index in [1.54, 1.807) is 6.08 Å². The lowest BCUT2D eigenvalue weighted by Crippen LogP contribution is -2.16. The predicted octanol–water partition coefficient (Wildman–Crippen LogP) is 2.52. The zero-order valence-electron chi connectivity index (χ0n) is 7.95. The molecule has 0 aliphatic heterocycles. The van der Waals surface area contributed by atoms with Gasteiger partial charge in [-0.1, -0.05) is 24.8 Å². The maximum atomic E-state index is 5.32. The molecule has 0 amide bonds. The van der Waals surface area contributed by atoms with Gasteiger partial charge in [-0.3, -0.25) is 0 Å². The van der Waals surface area contributed by atoms with Gasteiger partial charge in [0.05, 0.1) is 0 Å². The highest BCUT2D eigenvalue weighted by Crippen LogP contribution is 2.01. The first-order chi connectivity index (χ1) is 5.85. The Morgan fingerprint density at radius 3 is 2.25 bits per heavy atom. The summed E-state index contributed by atoms with van der Waals surface area (Å²) in [6.45, 7) is 8.88. The predicted molar refractivity (Wildman–Crippen MR) is 51.0 cm³/mol. The zero-order valence-corrected chi connectivity index (χ0v) is 7.95. The van der Waals surface area contributed by atoms with E-state index in [2.05, 4.69) is 6.58 Å². The van der Waals surface area contributed by atoms with Crippen molar-refractivity contribution in [3.63, 3.8) is 0 Å². The highest BCUT2D eigenvalue weighted by molar-refractivity contribution is 4.97. The summed E-state index contributed by atoms with van der Waals surface area (Å²) in [5, 5.41) is 0. The Balaban J connectivity index is 3.61. The van der Waals surface area contributed by atoms with Gasteiger partial charge in [-0.2, -0.15) is 0 Å². The minimum atomic E-state index is -0.101. The molecule has 0 bridgehead atoms. The van der Waals surface area contributed by atoms with Gasteiger partial charge in [0.1, 0.15) is 0 Å². The topological polar surface area (TPSA) is 18.5 Å². The molecular weight excluding hydrogens is 152 g/mol. The second kappa shape index (κ2) is 8.50. The van der Waals surface area contributed by atoms with Crippen LogP contribution in [0.2, 0.25) is 0 Å². The van der Waals surface area contributed by atoms with E-state index in [-0.39, 0.29) is 6.29 Å². The molecule has 0 aromatic rings. The van der Waals surface area contributed by atoms with Crippen LogP contribution in [0, 0.1) is 0 Å². The Hall–Kier alpha value is -0.600. The number of hydrogen-bond acceptors (Lipinski definition) is 2. The molecule has 0 heterocycles. The van der Waals surface area contributed by atoms with Crippen molar-refractivity contribution in [2.45, 2.75) is 26.6 Å². The minimum Gasteiger partial charge on any atom is -0.353 e. The van der Waals surface area contributed by atoms with Crippen LogP contribution >= 0.6 is 0 Å². The molecule has 0 rings (SSSR count). The van der Waals surface area contributed by atoms with Gasteiger partial charge in [-0.15, -0.1) is 0 Å². The van der Waals surface area contributed by atoms with E-state index in [1.807, 2.05) is 26.0 Å². The minimum absolute atomic E-state index is 0.101. The van der Waals surface area contributed by atoms with E-state index < -0.39 is 0 Å². The Morgan fingerprint density at radius 2 is 1.83 bits per heavy atom. The lowest BCUT2D eigenvalue weighted by molar-refractivity contribution is -0.133. The van der Waals surface area contributed by atoms with Gasteiger partial charge >= 0.3 is 0 Å².